The van der Waals surface area contributed by atoms with Crippen molar-refractivity contribution in [3.05, 3.63) is 12.2 Å². The van der Waals surface area contributed by atoms with Crippen molar-refractivity contribution in [1.82, 2.24) is 5.32 Å². The average Bonchev–Trinajstić information content (AvgIpc) is 1.91. The van der Waals surface area contributed by atoms with E-state index in [0.717, 1.165) is 0 Å². The molecule has 0 bridgehead atoms. The van der Waals surface area contributed by atoms with Crippen LogP contribution in [0.4, 0.5) is 0 Å². The maximum atomic E-state index is 3.43. The molecule has 10 heavy (non-hydrogen) atoms. The van der Waals surface area contributed by atoms with Gasteiger partial charge in [0, 0.05) is 6.04 Å². The number of piperidine rings is 1. The summed E-state index contributed by atoms with van der Waals surface area (Å²) in [6.07, 6.45) is 8.45. The minimum atomic E-state index is 0. The summed E-state index contributed by atoms with van der Waals surface area (Å²) in [4.78, 5) is 0. The smallest absolute Gasteiger partial charge is 0.0249 e. The SMILES string of the molecule is C/C=C/C1CCCCN1.Cl. The van der Waals surface area contributed by atoms with Crippen LogP contribution in [0.15, 0.2) is 12.2 Å². The molecule has 1 rings (SSSR count). The second-order valence-electron chi connectivity index (χ2n) is 2.58. The lowest BCUT2D eigenvalue weighted by Crippen LogP contribution is -2.31. The van der Waals surface area contributed by atoms with Gasteiger partial charge in [0.15, 0.2) is 0 Å². The Balaban J connectivity index is 0.000000810. The summed E-state index contributed by atoms with van der Waals surface area (Å²) in [5.41, 5.74) is 0. The number of allylic oxidation sites excluding steroid dienone is 1. The molecule has 1 saturated heterocycles. The third kappa shape index (κ3) is 3.23. The largest absolute Gasteiger partial charge is 0.311 e. The first kappa shape index (κ1) is 9.99. The van der Waals surface area contributed by atoms with Crippen molar-refractivity contribution in [2.75, 3.05) is 6.54 Å². The lowest BCUT2D eigenvalue weighted by molar-refractivity contribution is 0.454. The van der Waals surface area contributed by atoms with E-state index in [4.69, 9.17) is 0 Å². The van der Waals surface area contributed by atoms with E-state index in [1.54, 1.807) is 0 Å². The first-order valence-corrected chi connectivity index (χ1v) is 3.79. The molecule has 1 N–H and O–H groups in total. The zero-order valence-corrected chi connectivity index (χ0v) is 7.29. The van der Waals surface area contributed by atoms with Crippen LogP contribution in [0.1, 0.15) is 26.2 Å². The highest BCUT2D eigenvalue weighted by molar-refractivity contribution is 5.85. The van der Waals surface area contributed by atoms with E-state index in [2.05, 4.69) is 24.4 Å². The van der Waals surface area contributed by atoms with Crippen molar-refractivity contribution in [1.29, 1.82) is 0 Å². The minimum Gasteiger partial charge on any atom is -0.311 e. The molecule has 1 aliphatic rings. The van der Waals surface area contributed by atoms with Gasteiger partial charge in [-0.3, -0.25) is 0 Å². The molecule has 1 unspecified atom stereocenters. The zero-order valence-electron chi connectivity index (χ0n) is 6.47. The van der Waals surface area contributed by atoms with E-state index in [9.17, 15) is 0 Å². The Bertz CT molecular complexity index is 95.4. The van der Waals surface area contributed by atoms with E-state index in [1.807, 2.05) is 0 Å². The van der Waals surface area contributed by atoms with Gasteiger partial charge in [-0.25, -0.2) is 0 Å². The molecule has 60 valence electrons. The van der Waals surface area contributed by atoms with Gasteiger partial charge in [-0.15, -0.1) is 12.4 Å². The third-order valence-corrected chi connectivity index (χ3v) is 1.77. The second-order valence-corrected chi connectivity index (χ2v) is 2.58. The summed E-state index contributed by atoms with van der Waals surface area (Å²) in [5.74, 6) is 0. The first-order chi connectivity index (χ1) is 4.43. The molecule has 0 amide bonds. The van der Waals surface area contributed by atoms with Crippen LogP contribution in [0.5, 0.6) is 0 Å². The van der Waals surface area contributed by atoms with Crippen LogP contribution in [0.25, 0.3) is 0 Å². The van der Waals surface area contributed by atoms with E-state index < -0.39 is 0 Å². The minimum absolute atomic E-state index is 0. The van der Waals surface area contributed by atoms with Crippen molar-refractivity contribution < 1.29 is 0 Å². The molecule has 0 aliphatic carbocycles. The molecule has 0 aromatic rings. The Hall–Kier alpha value is -0.0100. The summed E-state index contributed by atoms with van der Waals surface area (Å²) in [7, 11) is 0. The van der Waals surface area contributed by atoms with Crippen molar-refractivity contribution in [3.8, 4) is 0 Å². The number of nitrogens with one attached hydrogen (secondary N) is 1. The topological polar surface area (TPSA) is 12.0 Å². The number of halogens is 1. The molecule has 0 radical (unpaired) electrons. The first-order valence-electron chi connectivity index (χ1n) is 3.79. The van der Waals surface area contributed by atoms with E-state index in [-0.39, 0.29) is 12.4 Å². The fraction of sp³-hybridized carbons (Fsp3) is 0.750. The molecule has 1 fully saturated rings. The predicted molar refractivity (Wildman–Crippen MR) is 47.7 cm³/mol. The molecule has 1 nitrogen and oxygen atoms in total. The van der Waals surface area contributed by atoms with E-state index in [1.165, 1.54) is 25.8 Å². The van der Waals surface area contributed by atoms with E-state index in [0.29, 0.717) is 6.04 Å². The Kier molecular flexibility index (Phi) is 5.74. The van der Waals surface area contributed by atoms with Gasteiger partial charge in [-0.2, -0.15) is 0 Å². The molecule has 0 aromatic heterocycles. The molecular formula is C8H16ClN. The van der Waals surface area contributed by atoms with Crippen LogP contribution in [0.3, 0.4) is 0 Å². The van der Waals surface area contributed by atoms with Crippen molar-refractivity contribution in [2.45, 2.75) is 32.2 Å². The second kappa shape index (κ2) is 5.75. The summed E-state index contributed by atoms with van der Waals surface area (Å²) < 4.78 is 0. The molecule has 1 heterocycles. The van der Waals surface area contributed by atoms with Crippen molar-refractivity contribution in [2.24, 2.45) is 0 Å². The summed E-state index contributed by atoms with van der Waals surface area (Å²) in [6, 6.07) is 0.670. The fourth-order valence-electron chi connectivity index (χ4n) is 1.28. The molecule has 0 saturated carbocycles. The van der Waals surface area contributed by atoms with Crippen LogP contribution >= 0.6 is 12.4 Å². The van der Waals surface area contributed by atoms with Crippen LogP contribution in [0.2, 0.25) is 0 Å². The van der Waals surface area contributed by atoms with Crippen LogP contribution in [-0.2, 0) is 0 Å². The summed E-state index contributed by atoms with van der Waals surface area (Å²) in [6.45, 7) is 3.28. The van der Waals surface area contributed by atoms with Gasteiger partial charge < -0.3 is 5.32 Å². The fourth-order valence-corrected chi connectivity index (χ4v) is 1.28. The van der Waals surface area contributed by atoms with Gasteiger partial charge in [0.2, 0.25) is 0 Å². The maximum absolute atomic E-state index is 3.43. The molecular weight excluding hydrogens is 146 g/mol. The van der Waals surface area contributed by atoms with Gasteiger partial charge in [0.1, 0.15) is 0 Å². The average molecular weight is 162 g/mol. The Labute approximate surface area is 69.3 Å². The quantitative estimate of drug-likeness (QED) is 0.581. The van der Waals surface area contributed by atoms with Gasteiger partial charge in [-0.05, 0) is 26.3 Å². The highest BCUT2D eigenvalue weighted by atomic mass is 35.5. The van der Waals surface area contributed by atoms with Crippen molar-refractivity contribution in [3.63, 3.8) is 0 Å². The Morgan fingerprint density at radius 3 is 2.70 bits per heavy atom. The van der Waals surface area contributed by atoms with Gasteiger partial charge in [0.05, 0.1) is 0 Å². The number of rotatable bonds is 1. The lowest BCUT2D eigenvalue weighted by Gasteiger charge is -2.19. The standard InChI is InChI=1S/C8H15N.ClH/c1-2-5-8-6-3-4-7-9-8;/h2,5,8-9H,3-4,6-7H2,1H3;1H/b5-2+;. The monoisotopic (exact) mass is 161 g/mol. The van der Waals surface area contributed by atoms with Gasteiger partial charge >= 0.3 is 0 Å². The zero-order chi connectivity index (χ0) is 6.53. The highest BCUT2D eigenvalue weighted by Crippen LogP contribution is 2.07. The van der Waals surface area contributed by atoms with E-state index >= 15 is 0 Å². The van der Waals surface area contributed by atoms with Crippen LogP contribution in [0, 0.1) is 0 Å². The Morgan fingerprint density at radius 2 is 2.20 bits per heavy atom. The molecule has 0 spiro atoms. The lowest BCUT2D eigenvalue weighted by atomic mass is 10.1. The summed E-state index contributed by atoms with van der Waals surface area (Å²) >= 11 is 0. The number of hydrogen-bond acceptors (Lipinski definition) is 1. The third-order valence-electron chi connectivity index (χ3n) is 1.77. The van der Waals surface area contributed by atoms with Crippen molar-refractivity contribution >= 4 is 12.4 Å². The summed E-state index contributed by atoms with van der Waals surface area (Å²) in [5, 5.41) is 3.43. The van der Waals surface area contributed by atoms with Crippen LogP contribution in [-0.4, -0.2) is 12.6 Å². The van der Waals surface area contributed by atoms with Gasteiger partial charge in [-0.1, -0.05) is 18.6 Å². The predicted octanol–water partition coefficient (Wildman–Crippen LogP) is 2.13. The van der Waals surface area contributed by atoms with Crippen LogP contribution < -0.4 is 5.32 Å². The maximum Gasteiger partial charge on any atom is 0.0249 e. The Morgan fingerprint density at radius 1 is 1.40 bits per heavy atom. The normalized spacial score (nSPS) is 26.3. The van der Waals surface area contributed by atoms with Gasteiger partial charge in [0.25, 0.3) is 0 Å². The highest BCUT2D eigenvalue weighted by Gasteiger charge is 2.06. The molecule has 0 aromatic carbocycles. The molecule has 1 atom stereocenters. The number of hydrogen-bond donors (Lipinski definition) is 1. The molecule has 2 heteroatoms. The molecule has 1 aliphatic heterocycles.